The molecule has 0 saturated carbocycles. The summed E-state index contributed by atoms with van der Waals surface area (Å²) in [4.78, 5) is 26.2. The number of carbonyl (C=O) groups excluding carboxylic acids is 2. The molecule has 0 radical (unpaired) electrons. The molecule has 0 bridgehead atoms. The summed E-state index contributed by atoms with van der Waals surface area (Å²) in [5.41, 5.74) is 2.08. The van der Waals surface area contributed by atoms with E-state index in [-0.39, 0.29) is 18.7 Å². The number of fused-ring (bicyclic) bond motifs is 2. The Morgan fingerprint density at radius 2 is 1.88 bits per heavy atom. The van der Waals surface area contributed by atoms with Gasteiger partial charge in [0, 0.05) is 22.8 Å². The number of esters is 1. The van der Waals surface area contributed by atoms with Crippen LogP contribution in [-0.4, -0.2) is 25.2 Å². The molecule has 2 aromatic heterocycles. The predicted octanol–water partition coefficient (Wildman–Crippen LogP) is 4.85. The Morgan fingerprint density at radius 3 is 2.62 bits per heavy atom. The molecule has 174 valence electrons. The third-order valence-electron chi connectivity index (χ3n) is 5.60. The monoisotopic (exact) mass is 487 g/mol. The number of ether oxygens (including phenoxy) is 1. The van der Waals surface area contributed by atoms with Gasteiger partial charge in [-0.1, -0.05) is 0 Å². The van der Waals surface area contributed by atoms with E-state index in [9.17, 15) is 22.8 Å². The average molecular weight is 488 g/mol. The van der Waals surface area contributed by atoms with Crippen molar-refractivity contribution in [2.45, 2.75) is 58.3 Å². The molecule has 6 nitrogen and oxygen atoms in total. The normalized spacial score (nSPS) is 15.6. The molecule has 1 aliphatic carbocycles. The van der Waals surface area contributed by atoms with Gasteiger partial charge >= 0.3 is 18.2 Å². The van der Waals surface area contributed by atoms with Crippen molar-refractivity contribution in [1.82, 2.24) is 10.6 Å². The molecular weight excluding hydrogens is 463 g/mol. The van der Waals surface area contributed by atoms with E-state index < -0.39 is 23.1 Å². The summed E-state index contributed by atoms with van der Waals surface area (Å²) in [6.45, 7) is 2.70. The van der Waals surface area contributed by atoms with Crippen LogP contribution in [0, 0.1) is 0 Å². The fourth-order valence-electron chi connectivity index (χ4n) is 4.21. The smallest absolute Gasteiger partial charge is 0.425 e. The van der Waals surface area contributed by atoms with E-state index in [1.807, 2.05) is 0 Å². The molecule has 0 aromatic carbocycles. The molecule has 3 heterocycles. The highest BCUT2D eigenvalue weighted by Gasteiger charge is 2.38. The molecule has 0 atom stereocenters. The highest BCUT2D eigenvalue weighted by atomic mass is 32.1. The maximum absolute atomic E-state index is 13.6. The Bertz CT molecular complexity index is 1030. The fourth-order valence-corrected chi connectivity index (χ4v) is 6.68. The molecule has 2 aromatic rings. The number of hydrogen-bond donors (Lipinski definition) is 3. The molecule has 0 unspecified atom stereocenters. The van der Waals surface area contributed by atoms with E-state index in [0.29, 0.717) is 40.5 Å². The van der Waals surface area contributed by atoms with Crippen molar-refractivity contribution in [3.63, 3.8) is 0 Å². The Balaban J connectivity index is 1.53. The van der Waals surface area contributed by atoms with Crippen molar-refractivity contribution in [2.75, 3.05) is 18.5 Å². The molecule has 1 aliphatic heterocycles. The largest absolute Gasteiger partial charge is 0.462 e. The van der Waals surface area contributed by atoms with E-state index in [1.165, 1.54) is 11.3 Å². The topological polar surface area (TPSA) is 79.5 Å². The van der Waals surface area contributed by atoms with Gasteiger partial charge in [-0.2, -0.15) is 13.2 Å². The van der Waals surface area contributed by atoms with E-state index in [1.54, 1.807) is 6.92 Å². The lowest BCUT2D eigenvalue weighted by Crippen LogP contribution is -2.30. The number of amides is 2. The SMILES string of the molecule is CCOC(=O)c1c(NC(=O)NCc2c(C(F)(F)F)sc3c2CCNC3)sc2c1CCCC2. The first-order chi connectivity index (χ1) is 15.3. The van der Waals surface area contributed by atoms with Crippen molar-refractivity contribution < 1.29 is 27.5 Å². The lowest BCUT2D eigenvalue weighted by atomic mass is 9.95. The van der Waals surface area contributed by atoms with Gasteiger partial charge in [-0.05, 0) is 62.3 Å². The van der Waals surface area contributed by atoms with E-state index >= 15 is 0 Å². The second-order valence-corrected chi connectivity index (χ2v) is 9.89. The van der Waals surface area contributed by atoms with Crippen LogP contribution in [0.5, 0.6) is 0 Å². The Kier molecular flexibility index (Phi) is 6.78. The molecule has 32 heavy (non-hydrogen) atoms. The molecular formula is C21H24F3N3O3S2. The molecule has 11 heteroatoms. The highest BCUT2D eigenvalue weighted by molar-refractivity contribution is 7.17. The van der Waals surface area contributed by atoms with Gasteiger partial charge < -0.3 is 15.4 Å². The van der Waals surface area contributed by atoms with Gasteiger partial charge in [-0.25, -0.2) is 9.59 Å². The van der Waals surface area contributed by atoms with Crippen molar-refractivity contribution in [1.29, 1.82) is 0 Å². The first kappa shape index (κ1) is 23.1. The third kappa shape index (κ3) is 4.65. The van der Waals surface area contributed by atoms with E-state index in [4.69, 9.17) is 4.74 Å². The minimum absolute atomic E-state index is 0.130. The zero-order chi connectivity index (χ0) is 22.9. The van der Waals surface area contributed by atoms with Crippen LogP contribution in [-0.2, 0) is 43.3 Å². The zero-order valence-corrected chi connectivity index (χ0v) is 19.2. The number of nitrogens with one attached hydrogen (secondary N) is 3. The first-order valence-electron chi connectivity index (χ1n) is 10.6. The Labute approximate surface area is 191 Å². The molecule has 0 fully saturated rings. The van der Waals surface area contributed by atoms with Gasteiger partial charge in [-0.3, -0.25) is 5.32 Å². The van der Waals surface area contributed by atoms with Crippen LogP contribution in [0.15, 0.2) is 0 Å². The molecule has 4 rings (SSSR count). The van der Waals surface area contributed by atoms with Crippen LogP contribution in [0.1, 0.15) is 61.4 Å². The standard InChI is InChI=1S/C21H24F3N3O3S2/c1-2-30-19(28)16-12-5-3-4-6-14(12)32-18(16)27-20(29)26-9-13-11-7-8-25-10-15(11)31-17(13)21(22,23)24/h25H,2-10H2,1H3,(H2,26,27,29). The zero-order valence-electron chi connectivity index (χ0n) is 17.5. The van der Waals surface area contributed by atoms with Gasteiger partial charge in [0.15, 0.2) is 0 Å². The predicted molar refractivity (Wildman–Crippen MR) is 118 cm³/mol. The van der Waals surface area contributed by atoms with Crippen LogP contribution < -0.4 is 16.0 Å². The summed E-state index contributed by atoms with van der Waals surface area (Å²) < 4.78 is 45.9. The molecule has 0 saturated heterocycles. The number of halogens is 3. The van der Waals surface area contributed by atoms with Crippen LogP contribution in [0.4, 0.5) is 23.0 Å². The van der Waals surface area contributed by atoms with Crippen LogP contribution in [0.3, 0.4) is 0 Å². The number of thiophene rings is 2. The first-order valence-corrected chi connectivity index (χ1v) is 12.2. The van der Waals surface area contributed by atoms with Crippen molar-refractivity contribution >= 4 is 39.7 Å². The Morgan fingerprint density at radius 1 is 1.09 bits per heavy atom. The van der Waals surface area contributed by atoms with E-state index in [2.05, 4.69) is 16.0 Å². The van der Waals surface area contributed by atoms with Gasteiger partial charge in [0.1, 0.15) is 9.88 Å². The summed E-state index contributed by atoms with van der Waals surface area (Å²) in [7, 11) is 0. The highest BCUT2D eigenvalue weighted by Crippen LogP contribution is 2.42. The van der Waals surface area contributed by atoms with E-state index in [0.717, 1.165) is 47.5 Å². The van der Waals surface area contributed by atoms with Crippen molar-refractivity contribution in [2.24, 2.45) is 0 Å². The summed E-state index contributed by atoms with van der Waals surface area (Å²) in [5, 5.41) is 8.72. The number of aryl methyl sites for hydroxylation is 1. The quantitative estimate of drug-likeness (QED) is 0.527. The summed E-state index contributed by atoms with van der Waals surface area (Å²) in [5.74, 6) is -0.485. The lowest BCUT2D eigenvalue weighted by Gasteiger charge is -2.16. The average Bonchev–Trinajstić information content (AvgIpc) is 3.30. The van der Waals surface area contributed by atoms with Crippen LogP contribution >= 0.6 is 22.7 Å². The minimum atomic E-state index is -4.47. The number of rotatable bonds is 5. The lowest BCUT2D eigenvalue weighted by molar-refractivity contribution is -0.135. The Hall–Kier alpha value is -2.11. The molecule has 2 amide bonds. The number of carbonyl (C=O) groups is 2. The van der Waals surface area contributed by atoms with Gasteiger partial charge in [-0.15, -0.1) is 22.7 Å². The van der Waals surface area contributed by atoms with Gasteiger partial charge in [0.2, 0.25) is 0 Å². The fraction of sp³-hybridized carbons (Fsp3) is 0.524. The summed E-state index contributed by atoms with van der Waals surface area (Å²) in [6.07, 6.45) is -0.433. The number of alkyl halides is 3. The number of anilines is 1. The maximum atomic E-state index is 13.6. The molecule has 2 aliphatic rings. The third-order valence-corrected chi connectivity index (χ3v) is 8.13. The number of urea groups is 1. The second kappa shape index (κ2) is 9.40. The second-order valence-electron chi connectivity index (χ2n) is 7.68. The van der Waals surface area contributed by atoms with Crippen molar-refractivity contribution in [3.05, 3.63) is 36.9 Å². The van der Waals surface area contributed by atoms with Crippen LogP contribution in [0.2, 0.25) is 0 Å². The minimum Gasteiger partial charge on any atom is -0.462 e. The maximum Gasteiger partial charge on any atom is 0.425 e. The van der Waals surface area contributed by atoms with Crippen LogP contribution in [0.25, 0.3) is 0 Å². The summed E-state index contributed by atoms with van der Waals surface area (Å²) >= 11 is 2.08. The van der Waals surface area contributed by atoms with Gasteiger partial charge in [0.05, 0.1) is 12.2 Å². The number of hydrogen-bond acceptors (Lipinski definition) is 6. The van der Waals surface area contributed by atoms with Gasteiger partial charge in [0.25, 0.3) is 0 Å². The molecule has 3 N–H and O–H groups in total. The summed E-state index contributed by atoms with van der Waals surface area (Å²) in [6, 6.07) is -0.642. The van der Waals surface area contributed by atoms with Crippen molar-refractivity contribution in [3.8, 4) is 0 Å². The molecule has 0 spiro atoms.